The summed E-state index contributed by atoms with van der Waals surface area (Å²) < 4.78 is 1.22. The summed E-state index contributed by atoms with van der Waals surface area (Å²) in [6.07, 6.45) is 0. The molecule has 0 amide bonds. The number of benzene rings is 1. The van der Waals surface area contributed by atoms with E-state index in [9.17, 15) is 0 Å². The van der Waals surface area contributed by atoms with E-state index in [2.05, 4.69) is 21.2 Å². The molecular weight excluding hydrogens is 182 g/mol. The van der Waals surface area contributed by atoms with E-state index in [0.29, 0.717) is 0 Å². The lowest BCUT2D eigenvalue weighted by Gasteiger charge is -1.89. The van der Waals surface area contributed by atoms with Crippen LogP contribution in [0.5, 0.6) is 0 Å². The number of nitrogens with zero attached hydrogens (tertiary/aromatic N) is 2. The Kier molecular flexibility index (Phi) is 1.24. The molecule has 0 fully saturated rings. The van der Waals surface area contributed by atoms with E-state index in [-0.39, 0.29) is 0 Å². The normalized spacial score (nSPS) is 11.5. The lowest BCUT2D eigenvalue weighted by Crippen LogP contribution is -1.70. The zero-order chi connectivity index (χ0) is 8.84. The van der Waals surface area contributed by atoms with Gasteiger partial charge in [-0.25, -0.2) is 4.98 Å². The molecule has 0 unspecified atom stereocenters. The van der Waals surface area contributed by atoms with Crippen molar-refractivity contribution in [2.75, 3.05) is 0 Å². The standard InChI is InChI=1S/C9H7N3S/c1-5-6-2-9-8(10-4-13-9)3-7(6)12-11-5/h2-4H,1H3,(H,11,12). The Morgan fingerprint density at radius 1 is 1.38 bits per heavy atom. The largest absolute Gasteiger partial charge is 0.277 e. The monoisotopic (exact) mass is 189 g/mol. The van der Waals surface area contributed by atoms with Crippen molar-refractivity contribution in [3.8, 4) is 0 Å². The van der Waals surface area contributed by atoms with Gasteiger partial charge in [0.15, 0.2) is 0 Å². The number of fused-ring (bicyclic) bond motifs is 2. The van der Waals surface area contributed by atoms with Crippen molar-refractivity contribution in [2.45, 2.75) is 6.92 Å². The summed E-state index contributed by atoms with van der Waals surface area (Å²) >= 11 is 1.66. The first-order valence-electron chi connectivity index (χ1n) is 4.02. The maximum atomic E-state index is 4.25. The highest BCUT2D eigenvalue weighted by Gasteiger charge is 2.04. The molecule has 13 heavy (non-hydrogen) atoms. The molecule has 3 aromatic rings. The fraction of sp³-hybridized carbons (Fsp3) is 0.111. The summed E-state index contributed by atoms with van der Waals surface area (Å²) in [4.78, 5) is 4.25. The SMILES string of the molecule is Cc1n[nH]c2cc3ncsc3cc12. The smallest absolute Gasteiger partial charge is 0.0833 e. The van der Waals surface area contributed by atoms with Gasteiger partial charge < -0.3 is 0 Å². The van der Waals surface area contributed by atoms with E-state index < -0.39 is 0 Å². The predicted octanol–water partition coefficient (Wildman–Crippen LogP) is 2.48. The molecule has 0 atom stereocenters. The van der Waals surface area contributed by atoms with Gasteiger partial charge in [0, 0.05) is 5.39 Å². The van der Waals surface area contributed by atoms with Gasteiger partial charge >= 0.3 is 0 Å². The van der Waals surface area contributed by atoms with Crippen LogP contribution in [-0.2, 0) is 0 Å². The molecule has 1 aromatic carbocycles. The molecule has 0 saturated carbocycles. The third-order valence-corrected chi connectivity index (χ3v) is 3.00. The Balaban J connectivity index is 2.59. The molecule has 0 spiro atoms. The maximum Gasteiger partial charge on any atom is 0.0833 e. The minimum Gasteiger partial charge on any atom is -0.277 e. The van der Waals surface area contributed by atoms with Crippen LogP contribution in [0.2, 0.25) is 0 Å². The molecule has 3 nitrogen and oxygen atoms in total. The molecule has 0 radical (unpaired) electrons. The summed E-state index contributed by atoms with van der Waals surface area (Å²) in [6, 6.07) is 4.18. The van der Waals surface area contributed by atoms with E-state index in [1.807, 2.05) is 18.5 Å². The van der Waals surface area contributed by atoms with Gasteiger partial charge in [-0.3, -0.25) is 5.10 Å². The van der Waals surface area contributed by atoms with Crippen LogP contribution < -0.4 is 0 Å². The van der Waals surface area contributed by atoms with Crippen LogP contribution in [0, 0.1) is 6.92 Å². The molecule has 0 aliphatic heterocycles. The summed E-state index contributed by atoms with van der Waals surface area (Å²) in [5, 5.41) is 8.33. The minimum atomic E-state index is 1.04. The van der Waals surface area contributed by atoms with E-state index >= 15 is 0 Å². The first-order chi connectivity index (χ1) is 6.34. The Bertz CT molecular complexity index is 579. The number of nitrogens with one attached hydrogen (secondary N) is 1. The number of H-pyrrole nitrogens is 1. The molecule has 2 aromatic heterocycles. The average Bonchev–Trinajstić information content (AvgIpc) is 2.70. The highest BCUT2D eigenvalue weighted by molar-refractivity contribution is 7.16. The predicted molar refractivity (Wildman–Crippen MR) is 54.0 cm³/mol. The zero-order valence-corrected chi connectivity index (χ0v) is 7.85. The molecule has 64 valence electrons. The molecule has 0 bridgehead atoms. The molecule has 1 N–H and O–H groups in total. The van der Waals surface area contributed by atoms with Gasteiger partial charge in [-0.1, -0.05) is 0 Å². The number of aromatic amines is 1. The molecule has 4 heteroatoms. The van der Waals surface area contributed by atoms with Crippen molar-refractivity contribution in [3.63, 3.8) is 0 Å². The van der Waals surface area contributed by atoms with Gasteiger partial charge in [-0.2, -0.15) is 5.10 Å². The highest BCUT2D eigenvalue weighted by atomic mass is 32.1. The van der Waals surface area contributed by atoms with E-state index in [1.165, 1.54) is 10.1 Å². The third-order valence-electron chi connectivity index (χ3n) is 2.20. The van der Waals surface area contributed by atoms with Gasteiger partial charge in [-0.05, 0) is 19.1 Å². The van der Waals surface area contributed by atoms with E-state index in [0.717, 1.165) is 16.7 Å². The second kappa shape index (κ2) is 2.29. The average molecular weight is 189 g/mol. The van der Waals surface area contributed by atoms with E-state index in [4.69, 9.17) is 0 Å². The molecule has 0 aliphatic rings. The molecular formula is C9H7N3S. The Hall–Kier alpha value is -1.42. The number of thiazole rings is 1. The third kappa shape index (κ3) is 0.890. The number of hydrogen-bond donors (Lipinski definition) is 1. The van der Waals surface area contributed by atoms with Gasteiger partial charge in [0.2, 0.25) is 0 Å². The van der Waals surface area contributed by atoms with Crippen LogP contribution in [0.3, 0.4) is 0 Å². The number of hydrogen-bond acceptors (Lipinski definition) is 3. The first-order valence-corrected chi connectivity index (χ1v) is 4.90. The van der Waals surface area contributed by atoms with Gasteiger partial charge in [-0.15, -0.1) is 11.3 Å². The second-order valence-corrected chi connectivity index (χ2v) is 3.91. The number of aromatic nitrogens is 3. The molecule has 0 aliphatic carbocycles. The highest BCUT2D eigenvalue weighted by Crippen LogP contribution is 2.24. The lowest BCUT2D eigenvalue weighted by molar-refractivity contribution is 1.07. The van der Waals surface area contributed by atoms with Gasteiger partial charge in [0.25, 0.3) is 0 Å². The summed E-state index contributed by atoms with van der Waals surface area (Å²) in [7, 11) is 0. The van der Waals surface area contributed by atoms with Crippen molar-refractivity contribution in [3.05, 3.63) is 23.3 Å². The van der Waals surface area contributed by atoms with Crippen LogP contribution in [-0.4, -0.2) is 15.2 Å². The van der Waals surface area contributed by atoms with Crippen molar-refractivity contribution in [1.82, 2.24) is 15.2 Å². The maximum absolute atomic E-state index is 4.25. The van der Waals surface area contributed by atoms with Gasteiger partial charge in [0.1, 0.15) is 0 Å². The molecule has 2 heterocycles. The van der Waals surface area contributed by atoms with Crippen molar-refractivity contribution in [2.24, 2.45) is 0 Å². The summed E-state index contributed by atoms with van der Waals surface area (Å²) in [5.74, 6) is 0. The number of aryl methyl sites for hydroxylation is 1. The number of rotatable bonds is 0. The zero-order valence-electron chi connectivity index (χ0n) is 7.03. The summed E-state index contributed by atoms with van der Waals surface area (Å²) in [5.41, 5.74) is 5.02. The Labute approximate surface area is 78.4 Å². The fourth-order valence-corrected chi connectivity index (χ4v) is 2.20. The van der Waals surface area contributed by atoms with Gasteiger partial charge in [0.05, 0.1) is 26.9 Å². The van der Waals surface area contributed by atoms with Crippen LogP contribution in [0.25, 0.3) is 21.1 Å². The summed E-state index contributed by atoms with van der Waals surface area (Å²) in [6.45, 7) is 2.01. The fourth-order valence-electron chi connectivity index (χ4n) is 1.50. The van der Waals surface area contributed by atoms with Crippen LogP contribution in [0.1, 0.15) is 5.69 Å². The Morgan fingerprint density at radius 3 is 3.23 bits per heavy atom. The molecule has 0 saturated heterocycles. The molecule has 3 rings (SSSR count). The van der Waals surface area contributed by atoms with E-state index in [1.54, 1.807) is 11.3 Å². The first kappa shape index (κ1) is 7.03. The lowest BCUT2D eigenvalue weighted by atomic mass is 10.2. The van der Waals surface area contributed by atoms with Crippen molar-refractivity contribution in [1.29, 1.82) is 0 Å². The minimum absolute atomic E-state index is 1.04. The van der Waals surface area contributed by atoms with Crippen molar-refractivity contribution >= 4 is 32.5 Å². The van der Waals surface area contributed by atoms with Crippen LogP contribution in [0.15, 0.2) is 17.6 Å². The van der Waals surface area contributed by atoms with Crippen LogP contribution >= 0.6 is 11.3 Å². The quantitative estimate of drug-likeness (QED) is 0.590. The van der Waals surface area contributed by atoms with Crippen LogP contribution in [0.4, 0.5) is 0 Å². The Morgan fingerprint density at radius 2 is 2.31 bits per heavy atom. The topological polar surface area (TPSA) is 41.6 Å². The second-order valence-electron chi connectivity index (χ2n) is 3.03. The van der Waals surface area contributed by atoms with Crippen molar-refractivity contribution < 1.29 is 0 Å².